The number of carboxylic acid groups (broad SMARTS) is 1. The van der Waals surface area contributed by atoms with Crippen molar-refractivity contribution in [3.63, 3.8) is 0 Å². The van der Waals surface area contributed by atoms with Crippen LogP contribution in [0.2, 0.25) is 0 Å². The molecule has 6 nitrogen and oxygen atoms in total. The number of benzene rings is 1. The fourth-order valence-electron chi connectivity index (χ4n) is 2.97. The van der Waals surface area contributed by atoms with Crippen LogP contribution < -0.4 is 0 Å². The van der Waals surface area contributed by atoms with Crippen molar-refractivity contribution in [1.82, 2.24) is 9.88 Å². The number of likely N-dealkylation sites (tertiary alicyclic amines) is 1. The minimum absolute atomic E-state index is 0.0503. The van der Waals surface area contributed by atoms with Gasteiger partial charge in [0.1, 0.15) is 6.04 Å². The van der Waals surface area contributed by atoms with Gasteiger partial charge < -0.3 is 20.1 Å². The number of fused-ring (bicyclic) bond motifs is 1. The van der Waals surface area contributed by atoms with E-state index in [2.05, 4.69) is 4.98 Å². The van der Waals surface area contributed by atoms with Crippen molar-refractivity contribution in [2.45, 2.75) is 25.5 Å². The van der Waals surface area contributed by atoms with Crippen LogP contribution in [0.15, 0.2) is 24.3 Å². The highest BCUT2D eigenvalue weighted by Crippen LogP contribution is 2.27. The molecule has 1 aliphatic heterocycles. The van der Waals surface area contributed by atoms with E-state index in [-0.39, 0.29) is 18.9 Å². The zero-order valence-corrected chi connectivity index (χ0v) is 11.5. The number of aromatic amines is 1. The van der Waals surface area contributed by atoms with Gasteiger partial charge in [-0.25, -0.2) is 4.79 Å². The first-order valence-electron chi connectivity index (χ1n) is 6.78. The zero-order valence-electron chi connectivity index (χ0n) is 11.5. The van der Waals surface area contributed by atoms with Gasteiger partial charge in [0.2, 0.25) is 0 Å². The van der Waals surface area contributed by atoms with Crippen LogP contribution in [0.1, 0.15) is 22.5 Å². The molecule has 1 fully saturated rings. The Balaban J connectivity index is 2.04. The molecule has 3 N–H and O–H groups in total. The molecule has 0 saturated carbocycles. The largest absolute Gasteiger partial charge is 0.480 e. The molecule has 1 aromatic carbocycles. The smallest absolute Gasteiger partial charge is 0.326 e. The van der Waals surface area contributed by atoms with Crippen molar-refractivity contribution in [3.05, 3.63) is 35.5 Å². The lowest BCUT2D eigenvalue weighted by atomic mass is 10.1. The number of aliphatic hydroxyl groups is 1. The van der Waals surface area contributed by atoms with E-state index in [0.29, 0.717) is 11.3 Å². The third-order valence-corrected chi connectivity index (χ3v) is 3.93. The Kier molecular flexibility index (Phi) is 3.17. The SMILES string of the molecule is Cc1[nH]c2ccccc2c1C(=O)N1C[C@H](O)C[C@H]1C(=O)O. The summed E-state index contributed by atoms with van der Waals surface area (Å²) in [6, 6.07) is 6.42. The maximum absolute atomic E-state index is 12.7. The Bertz CT molecular complexity index is 722. The molecule has 110 valence electrons. The summed E-state index contributed by atoms with van der Waals surface area (Å²) in [5, 5.41) is 19.7. The summed E-state index contributed by atoms with van der Waals surface area (Å²) in [6.07, 6.45) is -0.719. The van der Waals surface area contributed by atoms with Gasteiger partial charge in [0.25, 0.3) is 5.91 Å². The second-order valence-electron chi connectivity index (χ2n) is 5.37. The normalized spacial score (nSPS) is 21.9. The summed E-state index contributed by atoms with van der Waals surface area (Å²) in [6.45, 7) is 1.84. The number of H-pyrrole nitrogens is 1. The molecule has 0 radical (unpaired) electrons. The lowest BCUT2D eigenvalue weighted by Gasteiger charge is -2.21. The average molecular weight is 288 g/mol. The number of nitrogens with zero attached hydrogens (tertiary/aromatic N) is 1. The lowest BCUT2D eigenvalue weighted by molar-refractivity contribution is -0.141. The van der Waals surface area contributed by atoms with Crippen LogP contribution in [0.25, 0.3) is 10.9 Å². The zero-order chi connectivity index (χ0) is 15.1. The summed E-state index contributed by atoms with van der Waals surface area (Å²) in [4.78, 5) is 28.4. The van der Waals surface area contributed by atoms with Gasteiger partial charge in [-0.2, -0.15) is 0 Å². The summed E-state index contributed by atoms with van der Waals surface area (Å²) in [5.41, 5.74) is 2.02. The predicted molar refractivity (Wildman–Crippen MR) is 76.1 cm³/mol. The molecule has 0 spiro atoms. The number of rotatable bonds is 2. The van der Waals surface area contributed by atoms with E-state index in [1.165, 1.54) is 4.90 Å². The first-order chi connectivity index (χ1) is 9.99. The van der Waals surface area contributed by atoms with E-state index in [9.17, 15) is 19.8 Å². The Labute approximate surface area is 121 Å². The van der Waals surface area contributed by atoms with E-state index >= 15 is 0 Å². The van der Waals surface area contributed by atoms with Gasteiger partial charge in [0.05, 0.1) is 11.7 Å². The van der Waals surface area contributed by atoms with Crippen LogP contribution in [0, 0.1) is 6.92 Å². The van der Waals surface area contributed by atoms with Crippen LogP contribution in [0.4, 0.5) is 0 Å². The molecular weight excluding hydrogens is 272 g/mol. The van der Waals surface area contributed by atoms with Crippen LogP contribution in [0.5, 0.6) is 0 Å². The summed E-state index contributed by atoms with van der Waals surface area (Å²) >= 11 is 0. The molecule has 1 aliphatic rings. The molecule has 2 heterocycles. The van der Waals surface area contributed by atoms with E-state index in [4.69, 9.17) is 0 Å². The van der Waals surface area contributed by atoms with E-state index in [1.54, 1.807) is 6.92 Å². The van der Waals surface area contributed by atoms with Crippen LogP contribution in [-0.4, -0.2) is 50.7 Å². The highest BCUT2D eigenvalue weighted by molar-refractivity contribution is 6.09. The van der Waals surface area contributed by atoms with Crippen molar-refractivity contribution in [3.8, 4) is 0 Å². The Hall–Kier alpha value is -2.34. The highest BCUT2D eigenvalue weighted by Gasteiger charge is 2.40. The summed E-state index contributed by atoms with van der Waals surface area (Å²) in [5.74, 6) is -1.44. The number of para-hydroxylation sites is 1. The number of aryl methyl sites for hydroxylation is 1. The fourth-order valence-corrected chi connectivity index (χ4v) is 2.97. The third-order valence-electron chi connectivity index (χ3n) is 3.93. The topological polar surface area (TPSA) is 93.6 Å². The van der Waals surface area contributed by atoms with Gasteiger partial charge in [-0.05, 0) is 13.0 Å². The van der Waals surface area contributed by atoms with E-state index in [0.717, 1.165) is 10.9 Å². The van der Waals surface area contributed by atoms with Crippen molar-refractivity contribution in [2.24, 2.45) is 0 Å². The number of hydrogen-bond donors (Lipinski definition) is 3. The van der Waals surface area contributed by atoms with Gasteiger partial charge in [-0.1, -0.05) is 18.2 Å². The first-order valence-corrected chi connectivity index (χ1v) is 6.78. The predicted octanol–water partition coefficient (Wildman–Crippen LogP) is 1.14. The second-order valence-corrected chi connectivity index (χ2v) is 5.37. The second kappa shape index (κ2) is 4.89. The number of aliphatic hydroxyl groups excluding tert-OH is 1. The molecule has 0 aliphatic carbocycles. The Morgan fingerprint density at radius 2 is 2.05 bits per heavy atom. The molecule has 3 rings (SSSR count). The number of aromatic nitrogens is 1. The maximum atomic E-state index is 12.7. The fraction of sp³-hybridized carbons (Fsp3) is 0.333. The monoisotopic (exact) mass is 288 g/mol. The standard InChI is InChI=1S/C15H16N2O4/c1-8-13(10-4-2-3-5-11(10)16-8)14(19)17-7-9(18)6-12(17)15(20)21/h2-5,9,12,16,18H,6-7H2,1H3,(H,20,21)/t9-,12+/m1/s1. The van der Waals surface area contributed by atoms with Gasteiger partial charge in [-0.15, -0.1) is 0 Å². The first kappa shape index (κ1) is 13.6. The number of nitrogens with one attached hydrogen (secondary N) is 1. The van der Waals surface area contributed by atoms with E-state index in [1.807, 2.05) is 24.3 Å². The minimum Gasteiger partial charge on any atom is -0.480 e. The number of carbonyl (C=O) groups excluding carboxylic acids is 1. The summed E-state index contributed by atoms with van der Waals surface area (Å²) in [7, 11) is 0. The number of hydrogen-bond acceptors (Lipinski definition) is 3. The molecule has 0 bridgehead atoms. The van der Waals surface area contributed by atoms with Crippen LogP contribution >= 0.6 is 0 Å². The Morgan fingerprint density at radius 1 is 1.33 bits per heavy atom. The molecule has 1 amide bonds. The third kappa shape index (κ3) is 2.17. The number of carboxylic acids is 1. The molecule has 21 heavy (non-hydrogen) atoms. The number of amides is 1. The molecule has 0 unspecified atom stereocenters. The molecule has 1 saturated heterocycles. The quantitative estimate of drug-likeness (QED) is 0.772. The molecule has 1 aromatic heterocycles. The van der Waals surface area contributed by atoms with Gasteiger partial charge >= 0.3 is 5.97 Å². The maximum Gasteiger partial charge on any atom is 0.326 e. The van der Waals surface area contributed by atoms with Crippen molar-refractivity contribution < 1.29 is 19.8 Å². The average Bonchev–Trinajstić information content (AvgIpc) is 2.97. The highest BCUT2D eigenvalue weighted by atomic mass is 16.4. The number of β-amino-alcohol motifs (C(OH)–C–C–N with tert-alkyl or cyclic N) is 1. The molecular formula is C15H16N2O4. The summed E-state index contributed by atoms with van der Waals surface area (Å²) < 4.78 is 0. The minimum atomic E-state index is -1.09. The molecule has 2 aromatic rings. The van der Waals surface area contributed by atoms with Crippen molar-refractivity contribution >= 4 is 22.8 Å². The lowest BCUT2D eigenvalue weighted by Crippen LogP contribution is -2.40. The number of aliphatic carboxylic acids is 1. The molecule has 2 atom stereocenters. The van der Waals surface area contributed by atoms with Gasteiger partial charge in [-0.3, -0.25) is 4.79 Å². The molecule has 6 heteroatoms. The van der Waals surface area contributed by atoms with Crippen molar-refractivity contribution in [1.29, 1.82) is 0 Å². The van der Waals surface area contributed by atoms with Crippen molar-refractivity contribution in [2.75, 3.05) is 6.54 Å². The van der Waals surface area contributed by atoms with Crippen LogP contribution in [-0.2, 0) is 4.79 Å². The number of carbonyl (C=O) groups is 2. The van der Waals surface area contributed by atoms with E-state index < -0.39 is 18.1 Å². The Morgan fingerprint density at radius 3 is 2.76 bits per heavy atom. The van der Waals surface area contributed by atoms with Gasteiger partial charge in [0.15, 0.2) is 0 Å². The van der Waals surface area contributed by atoms with Gasteiger partial charge in [0, 0.05) is 29.6 Å². The van der Waals surface area contributed by atoms with Crippen LogP contribution in [0.3, 0.4) is 0 Å².